The van der Waals surface area contributed by atoms with Crippen LogP contribution < -0.4 is 19.3 Å². The predicted octanol–water partition coefficient (Wildman–Crippen LogP) is 5.72. The summed E-state index contributed by atoms with van der Waals surface area (Å²) in [7, 11) is 7.29. The van der Waals surface area contributed by atoms with Crippen LogP contribution in [0.5, 0.6) is 11.5 Å². The molecule has 6 rings (SSSR count). The van der Waals surface area contributed by atoms with Gasteiger partial charge < -0.3 is 19.3 Å². The van der Waals surface area contributed by atoms with Gasteiger partial charge in [0.05, 0.1) is 51.3 Å². The molecule has 11 heteroatoms. The van der Waals surface area contributed by atoms with Crippen molar-refractivity contribution >= 4 is 35.1 Å². The van der Waals surface area contributed by atoms with Crippen molar-refractivity contribution in [2.45, 2.75) is 70.6 Å². The van der Waals surface area contributed by atoms with Gasteiger partial charge in [0, 0.05) is 32.2 Å². The number of benzene rings is 2. The van der Waals surface area contributed by atoms with Gasteiger partial charge in [-0.05, 0) is 67.6 Å². The van der Waals surface area contributed by atoms with E-state index in [1.165, 1.54) is 32.1 Å². The standard InChI is InChI=1S/C25H27ClN4O3.C10H18N2O/c1-15(2)33-21-12-19-17(10-20(21)32-5)11-24(31)30(23-14-27-22(13-28-23)29(3)4)25(19)16-6-8-18(26)9-7-16;1-11-8-12(7-10(11)13)9-5-3-2-4-6-9/h6-10,12-15,25H,11H2,1-5H3;9H,2-8H2,1H3. The summed E-state index contributed by atoms with van der Waals surface area (Å²) in [5.74, 6) is 2.64. The fraction of sp³-hybridized carbons (Fsp3) is 0.486. The molecule has 2 amide bonds. The van der Waals surface area contributed by atoms with E-state index in [4.69, 9.17) is 21.1 Å². The SMILES string of the molecule is CN1CN(C2CCCCC2)CC1=O.COc1cc2c(cc1OC(C)C)C(c1ccc(Cl)cc1)N(c1cnc(N(C)C)cn1)C(=O)C2. The molecule has 46 heavy (non-hydrogen) atoms. The molecule has 2 fully saturated rings. The Bertz CT molecular complexity index is 1510. The Kier molecular flexibility index (Phi) is 10.7. The molecule has 1 saturated carbocycles. The Morgan fingerprint density at radius 3 is 2.24 bits per heavy atom. The van der Waals surface area contributed by atoms with E-state index in [0.29, 0.717) is 40.7 Å². The topological polar surface area (TPSA) is 91.3 Å². The van der Waals surface area contributed by atoms with Crippen LogP contribution in [0.3, 0.4) is 0 Å². The monoisotopic (exact) mass is 648 g/mol. The molecule has 1 saturated heterocycles. The number of amides is 2. The van der Waals surface area contributed by atoms with E-state index in [9.17, 15) is 9.59 Å². The number of methoxy groups -OCH3 is 1. The van der Waals surface area contributed by atoms with Crippen LogP contribution in [0, 0.1) is 0 Å². The number of carbonyl (C=O) groups excluding carboxylic acids is 2. The van der Waals surface area contributed by atoms with Crippen LogP contribution in [0.4, 0.5) is 11.6 Å². The minimum atomic E-state index is -0.418. The van der Waals surface area contributed by atoms with Gasteiger partial charge in [0.25, 0.3) is 0 Å². The van der Waals surface area contributed by atoms with Gasteiger partial charge in [0.1, 0.15) is 5.82 Å². The van der Waals surface area contributed by atoms with Gasteiger partial charge in [-0.1, -0.05) is 43.0 Å². The maximum Gasteiger partial charge on any atom is 0.237 e. The zero-order chi connectivity index (χ0) is 33.0. The largest absolute Gasteiger partial charge is 0.493 e. The summed E-state index contributed by atoms with van der Waals surface area (Å²) < 4.78 is 11.6. The van der Waals surface area contributed by atoms with E-state index >= 15 is 0 Å². The molecule has 0 N–H and O–H groups in total. The van der Waals surface area contributed by atoms with Crippen molar-refractivity contribution in [3.05, 3.63) is 70.5 Å². The van der Waals surface area contributed by atoms with Crippen LogP contribution in [-0.2, 0) is 16.0 Å². The van der Waals surface area contributed by atoms with Gasteiger partial charge >= 0.3 is 0 Å². The molecular weight excluding hydrogens is 604 g/mol. The summed E-state index contributed by atoms with van der Waals surface area (Å²) in [5.41, 5.74) is 2.75. The number of ether oxygens (including phenoxy) is 2. The number of fused-ring (bicyclic) bond motifs is 1. The number of hydrogen-bond acceptors (Lipinski definition) is 8. The molecule has 0 spiro atoms. The third-order valence-corrected chi connectivity index (χ3v) is 8.97. The van der Waals surface area contributed by atoms with Crippen molar-refractivity contribution in [2.75, 3.05) is 51.3 Å². The number of carbonyl (C=O) groups is 2. The third kappa shape index (κ3) is 7.56. The molecule has 2 aliphatic heterocycles. The van der Waals surface area contributed by atoms with E-state index < -0.39 is 6.04 Å². The Hall–Kier alpha value is -3.89. The zero-order valence-electron chi connectivity index (χ0n) is 27.7. The van der Waals surface area contributed by atoms with Crippen molar-refractivity contribution < 1.29 is 19.1 Å². The highest BCUT2D eigenvalue weighted by atomic mass is 35.5. The minimum absolute atomic E-state index is 0.0308. The predicted molar refractivity (Wildman–Crippen MR) is 181 cm³/mol. The molecule has 1 aliphatic carbocycles. The zero-order valence-corrected chi connectivity index (χ0v) is 28.5. The lowest BCUT2D eigenvalue weighted by molar-refractivity contribution is -0.125. The molecule has 246 valence electrons. The molecule has 10 nitrogen and oxygen atoms in total. The van der Waals surface area contributed by atoms with Crippen molar-refractivity contribution in [3.8, 4) is 11.5 Å². The molecular formula is C35H45ClN6O4. The van der Waals surface area contributed by atoms with Crippen molar-refractivity contribution in [3.63, 3.8) is 0 Å². The lowest BCUT2D eigenvalue weighted by Crippen LogP contribution is -2.41. The lowest BCUT2D eigenvalue weighted by Gasteiger charge is -2.37. The quantitative estimate of drug-likeness (QED) is 0.321. The van der Waals surface area contributed by atoms with Crippen molar-refractivity contribution in [1.82, 2.24) is 19.8 Å². The normalized spacial score (nSPS) is 18.7. The van der Waals surface area contributed by atoms with Gasteiger partial charge in [-0.25, -0.2) is 9.97 Å². The van der Waals surface area contributed by atoms with Gasteiger partial charge in [-0.15, -0.1) is 0 Å². The highest BCUT2D eigenvalue weighted by molar-refractivity contribution is 6.30. The summed E-state index contributed by atoms with van der Waals surface area (Å²) in [6, 6.07) is 11.6. The molecule has 3 aliphatic rings. The summed E-state index contributed by atoms with van der Waals surface area (Å²) in [6.45, 7) is 5.44. The van der Waals surface area contributed by atoms with Crippen molar-refractivity contribution in [1.29, 1.82) is 0 Å². The Morgan fingerprint density at radius 1 is 0.957 bits per heavy atom. The fourth-order valence-corrected chi connectivity index (χ4v) is 6.48. The number of halogens is 1. The van der Waals surface area contributed by atoms with Crippen LogP contribution in [-0.4, -0.2) is 85.2 Å². The van der Waals surface area contributed by atoms with E-state index in [-0.39, 0.29) is 24.3 Å². The summed E-state index contributed by atoms with van der Waals surface area (Å²) in [6.07, 6.45) is 10.1. The van der Waals surface area contributed by atoms with Gasteiger partial charge in [-0.2, -0.15) is 0 Å². The van der Waals surface area contributed by atoms with Crippen LogP contribution >= 0.6 is 11.6 Å². The van der Waals surface area contributed by atoms with E-state index in [1.54, 1.807) is 24.4 Å². The summed E-state index contributed by atoms with van der Waals surface area (Å²) in [4.78, 5) is 41.5. The number of aromatic nitrogens is 2. The first kappa shape index (κ1) is 33.5. The Morgan fingerprint density at radius 2 is 1.67 bits per heavy atom. The third-order valence-electron chi connectivity index (χ3n) is 8.72. The molecule has 1 unspecified atom stereocenters. The molecule has 1 atom stereocenters. The highest BCUT2D eigenvalue weighted by Crippen LogP contribution is 2.43. The Labute approximate surface area is 277 Å². The smallest absolute Gasteiger partial charge is 0.237 e. The molecule has 0 bridgehead atoms. The van der Waals surface area contributed by atoms with Crippen LogP contribution in [0.1, 0.15) is 68.7 Å². The highest BCUT2D eigenvalue weighted by Gasteiger charge is 2.37. The maximum absolute atomic E-state index is 13.4. The summed E-state index contributed by atoms with van der Waals surface area (Å²) in [5, 5.41) is 0.626. The number of likely N-dealkylation sites (N-methyl/N-ethyl adjacent to an activating group) is 1. The van der Waals surface area contributed by atoms with E-state index in [2.05, 4.69) is 14.9 Å². The first-order valence-corrected chi connectivity index (χ1v) is 16.4. The molecule has 3 aromatic rings. The number of hydrogen-bond donors (Lipinski definition) is 0. The van der Waals surface area contributed by atoms with Gasteiger partial charge in [-0.3, -0.25) is 19.4 Å². The molecule has 3 heterocycles. The second-order valence-corrected chi connectivity index (χ2v) is 13.1. The molecule has 0 radical (unpaired) electrons. The van der Waals surface area contributed by atoms with Gasteiger partial charge in [0.2, 0.25) is 11.8 Å². The van der Waals surface area contributed by atoms with E-state index in [0.717, 1.165) is 23.4 Å². The van der Waals surface area contributed by atoms with Gasteiger partial charge in [0.15, 0.2) is 17.3 Å². The molecule has 2 aromatic carbocycles. The maximum atomic E-state index is 13.4. The summed E-state index contributed by atoms with van der Waals surface area (Å²) >= 11 is 6.16. The fourth-order valence-electron chi connectivity index (χ4n) is 6.35. The number of anilines is 2. The lowest BCUT2D eigenvalue weighted by atomic mass is 9.87. The minimum Gasteiger partial charge on any atom is -0.493 e. The second-order valence-electron chi connectivity index (χ2n) is 12.7. The van der Waals surface area contributed by atoms with Crippen LogP contribution in [0.2, 0.25) is 5.02 Å². The number of nitrogens with zero attached hydrogens (tertiary/aromatic N) is 6. The van der Waals surface area contributed by atoms with E-state index in [1.807, 2.05) is 81.2 Å². The van der Waals surface area contributed by atoms with Crippen LogP contribution in [0.15, 0.2) is 48.8 Å². The van der Waals surface area contributed by atoms with Crippen LogP contribution in [0.25, 0.3) is 0 Å². The first-order valence-electron chi connectivity index (χ1n) is 16.0. The average Bonchev–Trinajstić information content (AvgIpc) is 3.39. The average molecular weight is 649 g/mol. The number of rotatable bonds is 7. The first-order chi connectivity index (χ1) is 22.0. The van der Waals surface area contributed by atoms with Crippen molar-refractivity contribution in [2.24, 2.45) is 0 Å². The second kappa shape index (κ2) is 14.7. The Balaban J connectivity index is 0.000000266. The molecule has 1 aromatic heterocycles.